The van der Waals surface area contributed by atoms with Crippen molar-refractivity contribution in [1.29, 1.82) is 0 Å². The largest absolute Gasteiger partial charge is 0.366 e. The molecule has 1 fully saturated rings. The van der Waals surface area contributed by atoms with Crippen molar-refractivity contribution in [3.8, 4) is 0 Å². The van der Waals surface area contributed by atoms with Crippen molar-refractivity contribution in [3.63, 3.8) is 0 Å². The van der Waals surface area contributed by atoms with Crippen molar-refractivity contribution in [2.24, 2.45) is 22.5 Å². The minimum absolute atomic E-state index is 0. The highest BCUT2D eigenvalue weighted by molar-refractivity contribution is 9.09. The Morgan fingerprint density at radius 3 is 2.21 bits per heavy atom. The van der Waals surface area contributed by atoms with Gasteiger partial charge in [0.25, 0.3) is 0 Å². The zero-order valence-electron chi connectivity index (χ0n) is 25.1. The number of primary amides is 1. The van der Waals surface area contributed by atoms with E-state index in [9.17, 15) is 13.2 Å². The third-order valence-electron chi connectivity index (χ3n) is 8.40. The van der Waals surface area contributed by atoms with Gasteiger partial charge in [0.2, 0.25) is 15.9 Å². The van der Waals surface area contributed by atoms with E-state index in [0.29, 0.717) is 10.8 Å². The molecule has 7 heteroatoms. The van der Waals surface area contributed by atoms with Crippen LogP contribution in [0, 0.1) is 23.7 Å². The zero-order chi connectivity index (χ0) is 29.3. The summed E-state index contributed by atoms with van der Waals surface area (Å²) in [6, 6.07) is 7.64. The summed E-state index contributed by atoms with van der Waals surface area (Å²) in [6.45, 7) is 18.4. The molecule has 2 aliphatic carbocycles. The Morgan fingerprint density at radius 2 is 1.72 bits per heavy atom. The van der Waals surface area contributed by atoms with E-state index in [2.05, 4.69) is 50.5 Å². The first-order valence-electron chi connectivity index (χ1n) is 14.0. The van der Waals surface area contributed by atoms with Gasteiger partial charge >= 0.3 is 0 Å². The molecule has 0 spiro atoms. The molecule has 0 aliphatic heterocycles. The van der Waals surface area contributed by atoms with Crippen molar-refractivity contribution in [2.75, 3.05) is 7.05 Å². The highest BCUT2D eigenvalue weighted by Gasteiger charge is 2.44. The second-order valence-corrected chi connectivity index (χ2v) is 14.5. The van der Waals surface area contributed by atoms with Crippen LogP contribution in [0.4, 0.5) is 0 Å². The van der Waals surface area contributed by atoms with Crippen LogP contribution >= 0.6 is 15.9 Å². The number of allylic oxidation sites excluding steroid dienone is 1. The van der Waals surface area contributed by atoms with Gasteiger partial charge in [0.05, 0.1) is 4.83 Å². The summed E-state index contributed by atoms with van der Waals surface area (Å²) in [5, 5.41) is -0.871. The molecule has 0 aromatic heterocycles. The number of aryl methyl sites for hydroxylation is 1. The van der Waals surface area contributed by atoms with Crippen molar-refractivity contribution in [3.05, 3.63) is 59.2 Å². The number of halogens is 1. The molecule has 1 amide bonds. The highest BCUT2D eigenvalue weighted by atomic mass is 79.9. The van der Waals surface area contributed by atoms with Crippen LogP contribution in [0.1, 0.15) is 99.1 Å². The van der Waals surface area contributed by atoms with Crippen LogP contribution in [0.2, 0.25) is 0 Å². The van der Waals surface area contributed by atoms with Gasteiger partial charge in [0.1, 0.15) is 5.25 Å². The smallest absolute Gasteiger partial charge is 0.248 e. The zero-order valence-corrected chi connectivity index (χ0v) is 27.5. The number of benzene rings is 1. The van der Waals surface area contributed by atoms with Crippen LogP contribution in [0.15, 0.2) is 48.1 Å². The van der Waals surface area contributed by atoms with E-state index < -0.39 is 26.0 Å². The van der Waals surface area contributed by atoms with Crippen LogP contribution in [0.5, 0.6) is 0 Å². The minimum Gasteiger partial charge on any atom is -0.366 e. The average molecular weight is 628 g/mol. The van der Waals surface area contributed by atoms with Gasteiger partial charge in [-0.1, -0.05) is 134 Å². The number of amides is 1. The summed E-state index contributed by atoms with van der Waals surface area (Å²) in [5.74, 6) is 0.293. The maximum atomic E-state index is 12.8. The Labute approximate surface area is 248 Å². The number of carbonyl (C=O) groups excluding carboxylic acids is 1. The average Bonchev–Trinajstić information content (AvgIpc) is 2.86. The normalized spacial score (nSPS) is 25.7. The quantitative estimate of drug-likeness (QED) is 0.310. The Balaban J connectivity index is 0.000000770. The molecule has 2 aliphatic rings. The molecule has 0 heterocycles. The predicted octanol–water partition coefficient (Wildman–Crippen LogP) is 8.17. The topological polar surface area (TPSA) is 80.5 Å². The van der Waals surface area contributed by atoms with Crippen molar-refractivity contribution in [2.45, 2.75) is 112 Å². The molecular weight excluding hydrogens is 572 g/mol. The number of nitrogens with two attached hydrogens (primary N) is 1. The van der Waals surface area contributed by atoms with E-state index in [1.165, 1.54) is 55.6 Å². The van der Waals surface area contributed by atoms with E-state index in [-0.39, 0.29) is 19.5 Å². The second kappa shape index (κ2) is 16.1. The third-order valence-corrected chi connectivity index (χ3v) is 11.7. The molecule has 0 bridgehead atoms. The molecule has 4 unspecified atom stereocenters. The number of hydrogen-bond donors (Lipinski definition) is 1. The number of carbonyl (C=O) groups is 1. The van der Waals surface area contributed by atoms with Gasteiger partial charge in [-0.15, -0.1) is 0 Å². The van der Waals surface area contributed by atoms with E-state index in [1.807, 2.05) is 45.0 Å². The molecular formula is C32H55BrN2O3S. The van der Waals surface area contributed by atoms with Crippen LogP contribution in [0.3, 0.4) is 0 Å². The molecule has 224 valence electrons. The minimum atomic E-state index is -3.64. The van der Waals surface area contributed by atoms with Gasteiger partial charge in [-0.2, -0.15) is 0 Å². The predicted molar refractivity (Wildman–Crippen MR) is 172 cm³/mol. The molecule has 0 radical (unpaired) electrons. The lowest BCUT2D eigenvalue weighted by Crippen LogP contribution is -2.41. The van der Waals surface area contributed by atoms with Crippen LogP contribution < -0.4 is 5.73 Å². The van der Waals surface area contributed by atoms with Gasteiger partial charge in [0.15, 0.2) is 0 Å². The number of alkyl halides is 1. The van der Waals surface area contributed by atoms with Crippen LogP contribution in [0.25, 0.3) is 0 Å². The Morgan fingerprint density at radius 1 is 1.13 bits per heavy atom. The molecule has 1 saturated carbocycles. The van der Waals surface area contributed by atoms with Crippen molar-refractivity contribution >= 4 is 31.9 Å². The van der Waals surface area contributed by atoms with Crippen LogP contribution in [-0.2, 0) is 21.4 Å². The maximum absolute atomic E-state index is 12.8. The molecule has 4 atom stereocenters. The summed E-state index contributed by atoms with van der Waals surface area (Å²) in [4.78, 5) is 10.9. The first-order chi connectivity index (χ1) is 17.7. The molecule has 2 N–H and O–H groups in total. The Kier molecular flexibility index (Phi) is 15.5. The molecule has 1 aromatic rings. The van der Waals surface area contributed by atoms with Gasteiger partial charge in [0, 0.05) is 19.2 Å². The van der Waals surface area contributed by atoms with E-state index in [0.717, 1.165) is 17.0 Å². The van der Waals surface area contributed by atoms with Gasteiger partial charge in [-0.05, 0) is 47.6 Å². The third kappa shape index (κ3) is 9.57. The monoisotopic (exact) mass is 626 g/mol. The fourth-order valence-corrected chi connectivity index (χ4v) is 8.67. The van der Waals surface area contributed by atoms with Gasteiger partial charge < -0.3 is 5.73 Å². The number of nitrogens with zero attached hydrogens (tertiary/aromatic N) is 1. The fraction of sp³-hybridized carbons (Fsp3) is 0.656. The molecule has 5 nitrogen and oxygen atoms in total. The maximum Gasteiger partial charge on any atom is 0.248 e. The lowest BCUT2D eigenvalue weighted by atomic mass is 9.55. The van der Waals surface area contributed by atoms with Crippen molar-refractivity contribution < 1.29 is 13.2 Å². The number of hydrogen-bond acceptors (Lipinski definition) is 3. The molecule has 3 rings (SSSR count). The van der Waals surface area contributed by atoms with Crippen molar-refractivity contribution in [1.82, 2.24) is 4.31 Å². The lowest BCUT2D eigenvalue weighted by Gasteiger charge is -2.50. The Bertz CT molecular complexity index is 1080. The number of sulfonamides is 1. The molecule has 1 aromatic carbocycles. The standard InChI is InChI=1S/C16H19BrN2O3S.C13H26.C2H6.CH4/c1-11-5-3-4-6-13(11)10-19(2)23(21,22)15-9-12(16(18)20)7-8-14(15)17;1-6-11-12(3,4)9-8-10-13(11,5)7-2;1-2;/h3-9,14-15H,10H2,1-2H3,(H2,18,20);11H,6-10H2,1-5H3;1-2H3;1H4. The summed E-state index contributed by atoms with van der Waals surface area (Å²) >= 11 is 3.35. The summed E-state index contributed by atoms with van der Waals surface area (Å²) < 4.78 is 27.0. The van der Waals surface area contributed by atoms with Gasteiger partial charge in [-0.3, -0.25) is 4.79 Å². The van der Waals surface area contributed by atoms with E-state index >= 15 is 0 Å². The lowest BCUT2D eigenvalue weighted by molar-refractivity contribution is -0.114. The second-order valence-electron chi connectivity index (χ2n) is 11.3. The van der Waals surface area contributed by atoms with Gasteiger partial charge in [-0.25, -0.2) is 12.7 Å². The highest BCUT2D eigenvalue weighted by Crippen LogP contribution is 2.53. The SMILES string of the molecule is C.CC.CCC1C(C)(C)CCCC1(C)CC.Cc1ccccc1CN(C)S(=O)(=O)C1C=C(C(N)=O)C=CC1Br. The fourth-order valence-electron chi connectivity index (χ4n) is 6.08. The number of rotatable bonds is 7. The Hall–Kier alpha value is -1.44. The first-order valence-corrected chi connectivity index (χ1v) is 16.4. The van der Waals surface area contributed by atoms with Crippen LogP contribution in [-0.4, -0.2) is 35.8 Å². The summed E-state index contributed by atoms with van der Waals surface area (Å²) in [7, 11) is -2.10. The summed E-state index contributed by atoms with van der Waals surface area (Å²) in [5.41, 5.74) is 8.63. The summed E-state index contributed by atoms with van der Waals surface area (Å²) in [6.07, 6.45) is 11.6. The van der Waals surface area contributed by atoms with E-state index in [4.69, 9.17) is 5.73 Å². The molecule has 39 heavy (non-hydrogen) atoms. The first kappa shape index (κ1) is 37.6. The van der Waals surface area contributed by atoms with E-state index in [1.54, 1.807) is 6.08 Å². The molecule has 0 saturated heterocycles.